The molecular formula is C22H45KO3. The van der Waals surface area contributed by atoms with Crippen molar-refractivity contribution in [1.29, 1.82) is 0 Å². The number of aliphatic hydroxyl groups excluding tert-OH is 1. The van der Waals surface area contributed by atoms with Gasteiger partial charge in [0.15, 0.2) is 0 Å². The first-order valence-electron chi connectivity index (χ1n) is 11.1. The van der Waals surface area contributed by atoms with E-state index in [1.807, 2.05) is 0 Å². The van der Waals surface area contributed by atoms with E-state index in [2.05, 4.69) is 0 Å². The SMILES string of the molecule is O=C(O)CCCCCCCCCCCCCCCCCCCCCO.[KH]. The van der Waals surface area contributed by atoms with Crippen LogP contribution in [0.15, 0.2) is 0 Å². The number of aliphatic hydroxyl groups is 1. The third-order valence-corrected chi connectivity index (χ3v) is 5.05. The molecule has 0 aromatic heterocycles. The molecule has 0 aliphatic rings. The van der Waals surface area contributed by atoms with Gasteiger partial charge in [-0.2, -0.15) is 0 Å². The molecule has 0 unspecified atom stereocenters. The van der Waals surface area contributed by atoms with Gasteiger partial charge in [-0.15, -0.1) is 0 Å². The molecule has 0 aromatic rings. The van der Waals surface area contributed by atoms with Crippen molar-refractivity contribution in [2.24, 2.45) is 0 Å². The van der Waals surface area contributed by atoms with Gasteiger partial charge in [-0.1, -0.05) is 109 Å². The molecule has 0 spiro atoms. The molecule has 0 aliphatic carbocycles. The van der Waals surface area contributed by atoms with E-state index >= 15 is 0 Å². The van der Waals surface area contributed by atoms with Crippen LogP contribution in [0.25, 0.3) is 0 Å². The summed E-state index contributed by atoms with van der Waals surface area (Å²) in [6.45, 7) is 0.356. The molecule has 0 bridgehead atoms. The van der Waals surface area contributed by atoms with Gasteiger partial charge in [0.25, 0.3) is 0 Å². The van der Waals surface area contributed by atoms with Gasteiger partial charge >= 0.3 is 57.4 Å². The van der Waals surface area contributed by atoms with E-state index in [1.54, 1.807) is 0 Å². The number of carbonyl (C=O) groups is 1. The number of carboxylic acid groups (broad SMARTS) is 1. The van der Waals surface area contributed by atoms with E-state index in [4.69, 9.17) is 10.2 Å². The van der Waals surface area contributed by atoms with Crippen LogP contribution in [-0.4, -0.2) is 74.2 Å². The molecule has 4 heteroatoms. The van der Waals surface area contributed by atoms with Gasteiger partial charge in [0.1, 0.15) is 0 Å². The van der Waals surface area contributed by atoms with Gasteiger partial charge in [0.2, 0.25) is 0 Å². The Morgan fingerprint density at radius 1 is 0.462 bits per heavy atom. The maximum atomic E-state index is 10.4. The summed E-state index contributed by atoms with van der Waals surface area (Å²) in [6, 6.07) is 0. The first-order valence-corrected chi connectivity index (χ1v) is 11.1. The zero-order chi connectivity index (χ0) is 18.4. The van der Waals surface area contributed by atoms with Crippen LogP contribution >= 0.6 is 0 Å². The Morgan fingerprint density at radius 2 is 0.692 bits per heavy atom. The van der Waals surface area contributed by atoms with Gasteiger partial charge in [0.05, 0.1) is 0 Å². The summed E-state index contributed by atoms with van der Waals surface area (Å²) < 4.78 is 0. The Balaban J connectivity index is 0. The molecule has 0 heterocycles. The van der Waals surface area contributed by atoms with E-state index < -0.39 is 5.97 Å². The van der Waals surface area contributed by atoms with Gasteiger partial charge in [-0.25, -0.2) is 0 Å². The number of hydrogen-bond acceptors (Lipinski definition) is 2. The van der Waals surface area contributed by atoms with Crippen LogP contribution in [0.2, 0.25) is 0 Å². The third kappa shape index (κ3) is 27.3. The Morgan fingerprint density at radius 3 is 0.923 bits per heavy atom. The van der Waals surface area contributed by atoms with Crippen LogP contribution in [0.4, 0.5) is 0 Å². The van der Waals surface area contributed by atoms with Crippen LogP contribution < -0.4 is 0 Å². The van der Waals surface area contributed by atoms with E-state index in [9.17, 15) is 4.79 Å². The van der Waals surface area contributed by atoms with Crippen molar-refractivity contribution in [2.75, 3.05) is 6.61 Å². The van der Waals surface area contributed by atoms with Crippen molar-refractivity contribution in [3.8, 4) is 0 Å². The molecule has 152 valence electrons. The van der Waals surface area contributed by atoms with E-state index in [0.29, 0.717) is 13.0 Å². The van der Waals surface area contributed by atoms with Crippen molar-refractivity contribution in [1.82, 2.24) is 0 Å². The van der Waals surface area contributed by atoms with Crippen LogP contribution in [-0.2, 0) is 4.79 Å². The number of hydrogen-bond donors (Lipinski definition) is 2. The molecule has 0 radical (unpaired) electrons. The first kappa shape index (κ1) is 29.3. The summed E-state index contributed by atoms with van der Waals surface area (Å²) in [4.78, 5) is 10.4. The second kappa shape index (κ2) is 26.1. The Kier molecular flexibility index (Phi) is 29.3. The number of rotatable bonds is 21. The van der Waals surface area contributed by atoms with E-state index in [-0.39, 0.29) is 51.4 Å². The molecule has 0 atom stereocenters. The van der Waals surface area contributed by atoms with E-state index in [1.165, 1.54) is 103 Å². The Labute approximate surface area is 205 Å². The first-order chi connectivity index (χ1) is 12.3. The fourth-order valence-electron chi connectivity index (χ4n) is 3.39. The van der Waals surface area contributed by atoms with Crippen LogP contribution in [0.5, 0.6) is 0 Å². The molecule has 0 aromatic carbocycles. The summed E-state index contributed by atoms with van der Waals surface area (Å²) >= 11 is 0. The van der Waals surface area contributed by atoms with Crippen molar-refractivity contribution < 1.29 is 15.0 Å². The fourth-order valence-corrected chi connectivity index (χ4v) is 3.39. The standard InChI is InChI=1S/C22H44O3.K.H/c23-21-19-17-15-13-11-9-7-5-3-1-2-4-6-8-10-12-14-16-18-20-22(24)25;;/h23H,1-21H2,(H,24,25);;. The van der Waals surface area contributed by atoms with Crippen molar-refractivity contribution in [2.45, 2.75) is 128 Å². The monoisotopic (exact) mass is 396 g/mol. The second-order valence-corrected chi connectivity index (χ2v) is 7.58. The summed E-state index contributed by atoms with van der Waals surface area (Å²) in [5.41, 5.74) is 0. The molecule has 2 N–H and O–H groups in total. The maximum absolute atomic E-state index is 10.4. The van der Waals surface area contributed by atoms with Gasteiger partial charge in [-0.05, 0) is 12.8 Å². The van der Waals surface area contributed by atoms with Gasteiger partial charge in [-0.3, -0.25) is 4.79 Å². The van der Waals surface area contributed by atoms with Crippen LogP contribution in [0, 0.1) is 0 Å². The molecule has 0 saturated heterocycles. The van der Waals surface area contributed by atoms with Crippen LogP contribution in [0.3, 0.4) is 0 Å². The molecule has 26 heavy (non-hydrogen) atoms. The number of aliphatic carboxylic acids is 1. The quantitative estimate of drug-likeness (QED) is 0.179. The third-order valence-electron chi connectivity index (χ3n) is 5.05. The number of unbranched alkanes of at least 4 members (excludes halogenated alkanes) is 18. The predicted molar refractivity (Wildman–Crippen MR) is 114 cm³/mol. The minimum absolute atomic E-state index is 0. The molecular weight excluding hydrogens is 351 g/mol. The van der Waals surface area contributed by atoms with Gasteiger partial charge in [0, 0.05) is 13.0 Å². The second-order valence-electron chi connectivity index (χ2n) is 7.58. The zero-order valence-corrected chi connectivity index (χ0v) is 16.7. The zero-order valence-electron chi connectivity index (χ0n) is 16.7. The molecule has 0 aliphatic heterocycles. The van der Waals surface area contributed by atoms with Crippen LogP contribution in [0.1, 0.15) is 128 Å². The molecule has 0 saturated carbocycles. The Bertz CT molecular complexity index is 272. The minimum atomic E-state index is -0.658. The van der Waals surface area contributed by atoms with Crippen molar-refractivity contribution in [3.63, 3.8) is 0 Å². The molecule has 0 rings (SSSR count). The van der Waals surface area contributed by atoms with Gasteiger partial charge < -0.3 is 10.2 Å². The summed E-state index contributed by atoms with van der Waals surface area (Å²) in [5.74, 6) is -0.658. The number of carboxylic acids is 1. The molecule has 0 fully saturated rings. The summed E-state index contributed by atoms with van der Waals surface area (Å²) in [7, 11) is 0. The average Bonchev–Trinajstić information content (AvgIpc) is 2.60. The molecule has 3 nitrogen and oxygen atoms in total. The summed E-state index contributed by atoms with van der Waals surface area (Å²) in [6.07, 6.45) is 24.8. The molecule has 0 amide bonds. The summed E-state index contributed by atoms with van der Waals surface area (Å²) in [5, 5.41) is 17.3. The van der Waals surface area contributed by atoms with Crippen molar-refractivity contribution >= 4 is 57.4 Å². The fraction of sp³-hybridized carbons (Fsp3) is 0.955. The van der Waals surface area contributed by atoms with E-state index in [0.717, 1.165) is 19.3 Å². The van der Waals surface area contributed by atoms with Crippen molar-refractivity contribution in [3.05, 3.63) is 0 Å². The topological polar surface area (TPSA) is 57.5 Å². The normalized spacial score (nSPS) is 10.7. The predicted octanol–water partition coefficient (Wildman–Crippen LogP) is 6.22. The Hall–Kier alpha value is 1.07. The average molecular weight is 397 g/mol.